The summed E-state index contributed by atoms with van der Waals surface area (Å²) in [5.74, 6) is -0.761. The highest BCUT2D eigenvalue weighted by Gasteiger charge is 2.24. The number of nitrogens with one attached hydrogen (secondary N) is 1. The van der Waals surface area contributed by atoms with Crippen LogP contribution in [0.3, 0.4) is 0 Å². The maximum Gasteiger partial charge on any atom is 0.404 e. The van der Waals surface area contributed by atoms with Gasteiger partial charge in [0, 0.05) is 22.7 Å². The van der Waals surface area contributed by atoms with Crippen LogP contribution in [0.5, 0.6) is 0 Å². The molecule has 0 saturated carbocycles. The average molecular weight is 354 g/mol. The standard InChI is InChI=1S/C17H27FN4O3/c1-16(2,3)13(18)11(10-25-15(19)24)9-22-12(7-8-20-22)14(23)21-17(4,5)6/h7-8H,9-10H2,1-6H3,(H2,19,24)(H,21,23). The monoisotopic (exact) mass is 354 g/mol. The number of ether oxygens (including phenoxy) is 1. The average Bonchev–Trinajstić information content (AvgIpc) is 2.87. The lowest BCUT2D eigenvalue weighted by molar-refractivity contribution is 0.0908. The molecule has 140 valence electrons. The van der Waals surface area contributed by atoms with E-state index in [9.17, 15) is 14.0 Å². The zero-order valence-electron chi connectivity index (χ0n) is 15.6. The van der Waals surface area contributed by atoms with Crippen molar-refractivity contribution in [2.45, 2.75) is 53.6 Å². The summed E-state index contributed by atoms with van der Waals surface area (Å²) in [4.78, 5) is 23.2. The number of primary amides is 1. The summed E-state index contributed by atoms with van der Waals surface area (Å²) in [6.45, 7) is 10.3. The predicted octanol–water partition coefficient (Wildman–Crippen LogP) is 2.78. The molecule has 2 amide bonds. The van der Waals surface area contributed by atoms with Gasteiger partial charge in [-0.15, -0.1) is 0 Å². The maximum absolute atomic E-state index is 14.7. The third-order valence-corrected chi connectivity index (χ3v) is 3.14. The third kappa shape index (κ3) is 6.56. The molecule has 0 saturated heterocycles. The Kier molecular flexibility index (Phi) is 6.34. The number of aromatic nitrogens is 2. The van der Waals surface area contributed by atoms with E-state index in [4.69, 9.17) is 10.5 Å². The van der Waals surface area contributed by atoms with Crippen LogP contribution in [0.2, 0.25) is 0 Å². The lowest BCUT2D eigenvalue weighted by atomic mass is 9.91. The molecule has 3 N–H and O–H groups in total. The minimum atomic E-state index is -0.995. The van der Waals surface area contributed by atoms with Crippen molar-refractivity contribution in [2.75, 3.05) is 6.61 Å². The second-order valence-electron chi connectivity index (χ2n) is 7.85. The molecule has 0 fully saturated rings. The van der Waals surface area contributed by atoms with Crippen LogP contribution in [0, 0.1) is 5.41 Å². The zero-order chi connectivity index (χ0) is 19.4. The highest BCUT2D eigenvalue weighted by atomic mass is 19.1. The summed E-state index contributed by atoms with van der Waals surface area (Å²) in [7, 11) is 0. The van der Waals surface area contributed by atoms with Gasteiger partial charge in [0.2, 0.25) is 0 Å². The van der Waals surface area contributed by atoms with Crippen molar-refractivity contribution < 1.29 is 18.7 Å². The van der Waals surface area contributed by atoms with Gasteiger partial charge in [-0.2, -0.15) is 5.10 Å². The van der Waals surface area contributed by atoms with E-state index < -0.39 is 22.9 Å². The molecule has 0 unspecified atom stereocenters. The van der Waals surface area contributed by atoms with Crippen LogP contribution in [0.25, 0.3) is 0 Å². The topological polar surface area (TPSA) is 99.2 Å². The number of halogens is 1. The zero-order valence-corrected chi connectivity index (χ0v) is 15.6. The van der Waals surface area contributed by atoms with Gasteiger partial charge < -0.3 is 15.8 Å². The molecule has 8 heteroatoms. The van der Waals surface area contributed by atoms with Gasteiger partial charge in [-0.1, -0.05) is 20.8 Å². The van der Waals surface area contributed by atoms with Crippen LogP contribution >= 0.6 is 0 Å². The molecule has 1 rings (SSSR count). The van der Waals surface area contributed by atoms with Crippen molar-refractivity contribution >= 4 is 12.0 Å². The van der Waals surface area contributed by atoms with E-state index in [0.29, 0.717) is 0 Å². The van der Waals surface area contributed by atoms with Crippen LogP contribution in [0.4, 0.5) is 9.18 Å². The fourth-order valence-corrected chi connectivity index (χ4v) is 2.10. The number of nitrogens with zero attached hydrogens (tertiary/aromatic N) is 2. The Morgan fingerprint density at radius 3 is 2.36 bits per heavy atom. The number of carbonyl (C=O) groups is 2. The quantitative estimate of drug-likeness (QED) is 0.849. The molecule has 1 heterocycles. The van der Waals surface area contributed by atoms with Crippen molar-refractivity contribution in [3.05, 3.63) is 29.4 Å². The van der Waals surface area contributed by atoms with Gasteiger partial charge in [-0.25, -0.2) is 9.18 Å². The van der Waals surface area contributed by atoms with Crippen LogP contribution in [-0.2, 0) is 11.3 Å². The van der Waals surface area contributed by atoms with Gasteiger partial charge in [-0.3, -0.25) is 9.48 Å². The lowest BCUT2D eigenvalue weighted by Gasteiger charge is -2.22. The molecule has 25 heavy (non-hydrogen) atoms. The molecule has 0 spiro atoms. The van der Waals surface area contributed by atoms with Crippen LogP contribution < -0.4 is 11.1 Å². The Hall–Kier alpha value is -2.38. The van der Waals surface area contributed by atoms with Crippen LogP contribution in [-0.4, -0.2) is 33.9 Å². The summed E-state index contributed by atoms with van der Waals surface area (Å²) in [6, 6.07) is 1.54. The van der Waals surface area contributed by atoms with E-state index in [2.05, 4.69) is 10.4 Å². The Labute approximate surface area is 147 Å². The van der Waals surface area contributed by atoms with Crippen LogP contribution in [0.15, 0.2) is 23.7 Å². The molecular formula is C17H27FN4O3. The first-order valence-corrected chi connectivity index (χ1v) is 7.96. The van der Waals surface area contributed by atoms with Crippen molar-refractivity contribution in [3.63, 3.8) is 0 Å². The molecular weight excluding hydrogens is 327 g/mol. The predicted molar refractivity (Wildman–Crippen MR) is 92.6 cm³/mol. The number of hydrogen-bond donors (Lipinski definition) is 2. The van der Waals surface area contributed by atoms with Gasteiger partial charge >= 0.3 is 6.09 Å². The molecule has 0 atom stereocenters. The summed E-state index contributed by atoms with van der Waals surface area (Å²) >= 11 is 0. The molecule has 0 aromatic carbocycles. The highest BCUT2D eigenvalue weighted by Crippen LogP contribution is 2.30. The number of amides is 2. The normalized spacial score (nSPS) is 13.2. The Morgan fingerprint density at radius 1 is 1.28 bits per heavy atom. The van der Waals surface area contributed by atoms with Gasteiger partial charge in [-0.05, 0) is 26.8 Å². The van der Waals surface area contributed by atoms with Crippen molar-refractivity contribution in [2.24, 2.45) is 11.1 Å². The molecule has 0 radical (unpaired) electrons. The first kappa shape index (κ1) is 20.7. The van der Waals surface area contributed by atoms with Crippen LogP contribution in [0.1, 0.15) is 52.0 Å². The molecule has 0 aliphatic rings. The van der Waals surface area contributed by atoms with E-state index in [1.165, 1.54) is 10.9 Å². The van der Waals surface area contributed by atoms with Gasteiger partial charge in [0.15, 0.2) is 0 Å². The third-order valence-electron chi connectivity index (χ3n) is 3.14. The van der Waals surface area contributed by atoms with Crippen molar-refractivity contribution in [1.29, 1.82) is 0 Å². The number of carbonyl (C=O) groups excluding carboxylic acids is 2. The lowest BCUT2D eigenvalue weighted by Crippen LogP contribution is -2.41. The Bertz CT molecular complexity index is 666. The summed E-state index contributed by atoms with van der Waals surface area (Å²) < 4.78 is 20.8. The SMILES string of the molecule is CC(C)(C)NC(=O)c1ccnn1CC(COC(N)=O)=C(F)C(C)(C)C. The van der Waals surface area contributed by atoms with E-state index >= 15 is 0 Å². The van der Waals surface area contributed by atoms with Gasteiger partial charge in [0.1, 0.15) is 18.1 Å². The van der Waals surface area contributed by atoms with Gasteiger partial charge in [0.05, 0.1) is 6.54 Å². The van der Waals surface area contributed by atoms with Crippen molar-refractivity contribution in [1.82, 2.24) is 15.1 Å². The molecule has 0 aliphatic carbocycles. The highest BCUT2D eigenvalue weighted by molar-refractivity contribution is 5.92. The summed E-state index contributed by atoms with van der Waals surface area (Å²) in [5, 5.41) is 6.91. The minimum Gasteiger partial charge on any atom is -0.445 e. The summed E-state index contributed by atoms with van der Waals surface area (Å²) in [6.07, 6.45) is 0.462. The summed E-state index contributed by atoms with van der Waals surface area (Å²) in [5.41, 5.74) is 4.26. The molecule has 0 bridgehead atoms. The fourth-order valence-electron chi connectivity index (χ4n) is 2.10. The smallest absolute Gasteiger partial charge is 0.404 e. The second kappa shape index (κ2) is 7.67. The Balaban J connectivity index is 3.13. The minimum absolute atomic E-state index is 0.0315. The number of rotatable bonds is 5. The first-order valence-electron chi connectivity index (χ1n) is 7.96. The Morgan fingerprint density at radius 2 is 1.88 bits per heavy atom. The van der Waals surface area contributed by atoms with E-state index in [1.54, 1.807) is 26.8 Å². The largest absolute Gasteiger partial charge is 0.445 e. The maximum atomic E-state index is 14.7. The molecule has 1 aromatic heterocycles. The molecule has 7 nitrogen and oxygen atoms in total. The molecule has 1 aromatic rings. The van der Waals surface area contributed by atoms with E-state index in [0.717, 1.165) is 0 Å². The second-order valence-corrected chi connectivity index (χ2v) is 7.85. The number of allylic oxidation sites excluding steroid dienone is 1. The number of hydrogen-bond acceptors (Lipinski definition) is 4. The molecule has 0 aliphatic heterocycles. The van der Waals surface area contributed by atoms with E-state index in [1.807, 2.05) is 20.8 Å². The van der Waals surface area contributed by atoms with Crippen molar-refractivity contribution in [3.8, 4) is 0 Å². The number of nitrogens with two attached hydrogens (primary N) is 1. The first-order chi connectivity index (χ1) is 11.3. The fraction of sp³-hybridized carbons (Fsp3) is 0.588. The van der Waals surface area contributed by atoms with E-state index in [-0.39, 0.29) is 30.3 Å². The van der Waals surface area contributed by atoms with Gasteiger partial charge in [0.25, 0.3) is 5.91 Å².